The lowest BCUT2D eigenvalue weighted by Crippen LogP contribution is -2.47. The fraction of sp³-hybridized carbons (Fsp3) is 0.333. The SMILES string of the molecule is Cc1ccc(C(=O)N2CCN(C)CC2)cc1NC(=O)c1ccco1. The first-order chi connectivity index (χ1) is 11.5. The second kappa shape index (κ2) is 6.88. The molecule has 126 valence electrons. The number of hydrogen-bond acceptors (Lipinski definition) is 4. The molecule has 0 atom stereocenters. The number of anilines is 1. The molecule has 0 bridgehead atoms. The van der Waals surface area contributed by atoms with Crippen LogP contribution in [-0.4, -0.2) is 54.8 Å². The second-order valence-corrected chi connectivity index (χ2v) is 6.06. The maximum absolute atomic E-state index is 12.7. The van der Waals surface area contributed by atoms with Crippen LogP contribution in [0.2, 0.25) is 0 Å². The molecule has 1 aromatic carbocycles. The summed E-state index contributed by atoms with van der Waals surface area (Å²) in [6.07, 6.45) is 1.45. The van der Waals surface area contributed by atoms with Gasteiger partial charge in [-0.25, -0.2) is 0 Å². The van der Waals surface area contributed by atoms with E-state index < -0.39 is 0 Å². The standard InChI is InChI=1S/C18H21N3O3/c1-13-5-6-14(18(23)21-9-7-20(2)8-10-21)12-15(13)19-17(22)16-4-3-11-24-16/h3-6,11-12H,7-10H2,1-2H3,(H,19,22). The highest BCUT2D eigenvalue weighted by Crippen LogP contribution is 2.20. The fourth-order valence-electron chi connectivity index (χ4n) is 2.67. The van der Waals surface area contributed by atoms with Crippen molar-refractivity contribution in [2.24, 2.45) is 0 Å². The normalized spacial score (nSPS) is 15.3. The van der Waals surface area contributed by atoms with Crippen LogP contribution in [-0.2, 0) is 0 Å². The first kappa shape index (κ1) is 16.3. The van der Waals surface area contributed by atoms with Gasteiger partial charge in [-0.2, -0.15) is 0 Å². The molecule has 1 aliphatic rings. The molecule has 1 N–H and O–H groups in total. The number of piperazine rings is 1. The third-order valence-corrected chi connectivity index (χ3v) is 4.27. The number of nitrogens with zero attached hydrogens (tertiary/aromatic N) is 2. The molecule has 1 fully saturated rings. The molecule has 2 heterocycles. The van der Waals surface area contributed by atoms with Crippen molar-refractivity contribution in [3.8, 4) is 0 Å². The van der Waals surface area contributed by atoms with Crippen molar-refractivity contribution in [3.05, 3.63) is 53.5 Å². The van der Waals surface area contributed by atoms with Crippen LogP contribution in [0.4, 0.5) is 5.69 Å². The van der Waals surface area contributed by atoms with E-state index in [0.29, 0.717) is 11.3 Å². The number of amides is 2. The zero-order valence-electron chi connectivity index (χ0n) is 13.9. The Balaban J connectivity index is 1.76. The first-order valence-corrected chi connectivity index (χ1v) is 7.98. The summed E-state index contributed by atoms with van der Waals surface area (Å²) in [5, 5.41) is 2.81. The van der Waals surface area contributed by atoms with Crippen molar-refractivity contribution in [1.82, 2.24) is 9.80 Å². The molecule has 6 nitrogen and oxygen atoms in total. The number of carbonyl (C=O) groups excluding carboxylic acids is 2. The zero-order chi connectivity index (χ0) is 17.1. The minimum Gasteiger partial charge on any atom is -0.459 e. The van der Waals surface area contributed by atoms with Crippen molar-refractivity contribution < 1.29 is 14.0 Å². The molecule has 1 saturated heterocycles. The number of aryl methyl sites for hydroxylation is 1. The molecular formula is C18H21N3O3. The van der Waals surface area contributed by atoms with E-state index in [0.717, 1.165) is 31.7 Å². The van der Waals surface area contributed by atoms with Crippen molar-refractivity contribution in [2.45, 2.75) is 6.92 Å². The smallest absolute Gasteiger partial charge is 0.291 e. The number of rotatable bonds is 3. The Kier molecular flexibility index (Phi) is 4.66. The molecule has 3 rings (SSSR count). The maximum Gasteiger partial charge on any atom is 0.291 e. The summed E-state index contributed by atoms with van der Waals surface area (Å²) in [6, 6.07) is 8.65. The van der Waals surface area contributed by atoms with E-state index in [4.69, 9.17) is 4.42 Å². The second-order valence-electron chi connectivity index (χ2n) is 6.06. The molecule has 6 heteroatoms. The number of hydrogen-bond donors (Lipinski definition) is 1. The van der Waals surface area contributed by atoms with Gasteiger partial charge >= 0.3 is 0 Å². The van der Waals surface area contributed by atoms with Gasteiger partial charge < -0.3 is 19.5 Å². The average molecular weight is 327 g/mol. The average Bonchev–Trinajstić information content (AvgIpc) is 3.11. The first-order valence-electron chi connectivity index (χ1n) is 7.98. The Morgan fingerprint density at radius 2 is 1.88 bits per heavy atom. The van der Waals surface area contributed by atoms with Crippen LogP contribution in [0, 0.1) is 6.92 Å². The molecule has 0 aliphatic carbocycles. The van der Waals surface area contributed by atoms with Gasteiger partial charge in [0.1, 0.15) is 0 Å². The Morgan fingerprint density at radius 1 is 1.12 bits per heavy atom. The van der Waals surface area contributed by atoms with Crippen LogP contribution in [0.5, 0.6) is 0 Å². The summed E-state index contributed by atoms with van der Waals surface area (Å²) in [5.41, 5.74) is 2.10. The molecule has 0 spiro atoms. The highest BCUT2D eigenvalue weighted by molar-refractivity contribution is 6.03. The topological polar surface area (TPSA) is 65.8 Å². The van der Waals surface area contributed by atoms with Gasteiger partial charge in [0.05, 0.1) is 6.26 Å². The Hall–Kier alpha value is -2.60. The van der Waals surface area contributed by atoms with Crippen LogP contribution >= 0.6 is 0 Å². The summed E-state index contributed by atoms with van der Waals surface area (Å²) in [7, 11) is 2.05. The van der Waals surface area contributed by atoms with Crippen LogP contribution in [0.25, 0.3) is 0 Å². The largest absolute Gasteiger partial charge is 0.459 e. The minimum atomic E-state index is -0.327. The van der Waals surface area contributed by atoms with Crippen molar-refractivity contribution in [3.63, 3.8) is 0 Å². The minimum absolute atomic E-state index is 0.00315. The third-order valence-electron chi connectivity index (χ3n) is 4.27. The van der Waals surface area contributed by atoms with Crippen LogP contribution in [0.15, 0.2) is 41.0 Å². The highest BCUT2D eigenvalue weighted by Gasteiger charge is 2.21. The molecule has 1 aliphatic heterocycles. The number of carbonyl (C=O) groups is 2. The molecule has 0 unspecified atom stereocenters. The van der Waals surface area contributed by atoms with E-state index in [1.807, 2.05) is 17.9 Å². The molecular weight excluding hydrogens is 306 g/mol. The summed E-state index contributed by atoms with van der Waals surface area (Å²) in [4.78, 5) is 28.9. The lowest BCUT2D eigenvalue weighted by Gasteiger charge is -2.32. The van der Waals surface area contributed by atoms with Gasteiger partial charge in [-0.05, 0) is 43.8 Å². The lowest BCUT2D eigenvalue weighted by molar-refractivity contribution is 0.0664. The number of likely N-dealkylation sites (N-methyl/N-ethyl adjacent to an activating group) is 1. The summed E-state index contributed by atoms with van der Waals surface area (Å²) >= 11 is 0. The zero-order valence-corrected chi connectivity index (χ0v) is 13.9. The summed E-state index contributed by atoms with van der Waals surface area (Å²) in [5.74, 6) is -0.0888. The van der Waals surface area contributed by atoms with Gasteiger partial charge in [-0.3, -0.25) is 9.59 Å². The maximum atomic E-state index is 12.7. The summed E-state index contributed by atoms with van der Waals surface area (Å²) < 4.78 is 5.10. The van der Waals surface area contributed by atoms with Crippen LogP contribution in [0.3, 0.4) is 0 Å². The van der Waals surface area contributed by atoms with Gasteiger partial charge in [0, 0.05) is 37.4 Å². The Morgan fingerprint density at radius 3 is 2.54 bits per heavy atom. The number of nitrogens with one attached hydrogen (secondary N) is 1. The van der Waals surface area contributed by atoms with E-state index >= 15 is 0 Å². The quantitative estimate of drug-likeness (QED) is 0.939. The molecule has 0 saturated carbocycles. The van der Waals surface area contributed by atoms with E-state index in [9.17, 15) is 9.59 Å². The number of furan rings is 1. The monoisotopic (exact) mass is 327 g/mol. The highest BCUT2D eigenvalue weighted by atomic mass is 16.3. The van der Waals surface area contributed by atoms with E-state index in [2.05, 4.69) is 17.3 Å². The fourth-order valence-corrected chi connectivity index (χ4v) is 2.67. The van der Waals surface area contributed by atoms with Gasteiger partial charge in [0.2, 0.25) is 0 Å². The van der Waals surface area contributed by atoms with Gasteiger partial charge in [0.25, 0.3) is 11.8 Å². The summed E-state index contributed by atoms with van der Waals surface area (Å²) in [6.45, 7) is 5.08. The van der Waals surface area contributed by atoms with Crippen molar-refractivity contribution in [1.29, 1.82) is 0 Å². The predicted molar refractivity (Wildman–Crippen MR) is 91.2 cm³/mol. The van der Waals surface area contributed by atoms with Crippen molar-refractivity contribution >= 4 is 17.5 Å². The Bertz CT molecular complexity index is 732. The molecule has 24 heavy (non-hydrogen) atoms. The lowest BCUT2D eigenvalue weighted by atomic mass is 10.1. The predicted octanol–water partition coefficient (Wildman–Crippen LogP) is 2.23. The van der Waals surface area contributed by atoms with Crippen LogP contribution in [0.1, 0.15) is 26.5 Å². The molecule has 1 aromatic heterocycles. The van der Waals surface area contributed by atoms with E-state index in [1.54, 1.807) is 24.3 Å². The Labute approximate surface area is 141 Å². The molecule has 2 amide bonds. The third kappa shape index (κ3) is 3.49. The van der Waals surface area contributed by atoms with E-state index in [1.165, 1.54) is 6.26 Å². The van der Waals surface area contributed by atoms with E-state index in [-0.39, 0.29) is 17.6 Å². The number of benzene rings is 1. The van der Waals surface area contributed by atoms with Gasteiger partial charge in [-0.1, -0.05) is 6.07 Å². The van der Waals surface area contributed by atoms with Gasteiger partial charge in [-0.15, -0.1) is 0 Å². The van der Waals surface area contributed by atoms with Gasteiger partial charge in [0.15, 0.2) is 5.76 Å². The van der Waals surface area contributed by atoms with Crippen molar-refractivity contribution in [2.75, 3.05) is 38.5 Å². The van der Waals surface area contributed by atoms with Crippen LogP contribution < -0.4 is 5.32 Å². The molecule has 2 aromatic rings. The molecule has 0 radical (unpaired) electrons.